The number of hydrogen-bond acceptors (Lipinski definition) is 8. The lowest BCUT2D eigenvalue weighted by Crippen LogP contribution is -2.56. The lowest BCUT2D eigenvalue weighted by Gasteiger charge is -2.57. The first-order chi connectivity index (χ1) is 16.4. The number of allylic oxidation sites excluding steroid dienone is 2. The molecule has 34 heavy (non-hydrogen) atoms. The van der Waals surface area contributed by atoms with Crippen LogP contribution >= 0.6 is 21.6 Å². The van der Waals surface area contributed by atoms with Crippen LogP contribution in [-0.4, -0.2) is 58.8 Å². The Kier molecular flexibility index (Phi) is 7.08. The highest BCUT2D eigenvalue weighted by atomic mass is 33.1. The molecule has 0 aromatic rings. The van der Waals surface area contributed by atoms with E-state index in [1.54, 1.807) is 0 Å². The molecule has 6 unspecified atom stereocenters. The SMILES string of the molecule is CC12CCSSCC3(CCCC4=C5CC1CC(CO)C(CCCO)C52CC4=O)CCN=C(N)N3. The molecule has 2 spiro atoms. The maximum Gasteiger partial charge on any atom is 0.189 e. The topological polar surface area (TPSA) is 108 Å². The molecule has 190 valence electrons. The minimum absolute atomic E-state index is 0.0351. The summed E-state index contributed by atoms with van der Waals surface area (Å²) in [6.45, 7) is 3.61. The molecule has 0 radical (unpaired) electrons. The van der Waals surface area contributed by atoms with Gasteiger partial charge in [0.05, 0.1) is 5.54 Å². The maximum absolute atomic E-state index is 13.7. The van der Waals surface area contributed by atoms with E-state index in [0.717, 1.165) is 81.4 Å². The van der Waals surface area contributed by atoms with Crippen molar-refractivity contribution in [1.82, 2.24) is 5.32 Å². The van der Waals surface area contributed by atoms with Gasteiger partial charge in [-0.3, -0.25) is 9.79 Å². The van der Waals surface area contributed by atoms with Crippen LogP contribution in [0, 0.1) is 28.6 Å². The maximum atomic E-state index is 13.7. The summed E-state index contributed by atoms with van der Waals surface area (Å²) in [5.74, 6) is 4.07. The van der Waals surface area contributed by atoms with Crippen molar-refractivity contribution in [3.63, 3.8) is 0 Å². The van der Waals surface area contributed by atoms with Gasteiger partial charge in [-0.15, -0.1) is 0 Å². The first-order valence-corrected chi connectivity index (χ1v) is 15.7. The molecule has 8 heteroatoms. The molecule has 2 saturated carbocycles. The summed E-state index contributed by atoms with van der Waals surface area (Å²) >= 11 is 0. The predicted octanol–water partition coefficient (Wildman–Crippen LogP) is 3.67. The number of ketones is 1. The normalized spacial score (nSPS) is 42.6. The van der Waals surface area contributed by atoms with Crippen LogP contribution in [0.2, 0.25) is 0 Å². The molecule has 0 aromatic carbocycles. The average molecular weight is 508 g/mol. The van der Waals surface area contributed by atoms with Crippen LogP contribution in [0.25, 0.3) is 0 Å². The molecule has 2 aliphatic heterocycles. The standard InChI is InChI=1S/C26H41N3O3S2/c1-24-8-11-33-34-16-25(7-9-28-23(27)29-25)6-2-4-19-21-13-18(24)12-17(15-31)20(5-3-10-30)26(21,24)14-22(19)32/h17-18,20,30-31H,2-16H2,1H3,(H3,27,28,29). The first kappa shape index (κ1) is 25.0. The van der Waals surface area contributed by atoms with Crippen molar-refractivity contribution in [3.05, 3.63) is 11.1 Å². The number of nitrogens with one attached hydrogen (secondary N) is 1. The second-order valence-electron chi connectivity index (χ2n) is 11.6. The molecular formula is C26H41N3O3S2. The number of guanidine groups is 1. The fourth-order valence-electron chi connectivity index (χ4n) is 8.56. The molecule has 2 fully saturated rings. The average Bonchev–Trinajstić information content (AvgIpc) is 3.14. The van der Waals surface area contributed by atoms with Crippen molar-refractivity contribution in [2.75, 3.05) is 31.3 Å². The molecule has 6 nitrogen and oxygen atoms in total. The summed E-state index contributed by atoms with van der Waals surface area (Å²) in [7, 11) is 3.94. The highest BCUT2D eigenvalue weighted by molar-refractivity contribution is 8.76. The van der Waals surface area contributed by atoms with Gasteiger partial charge in [0, 0.05) is 43.1 Å². The fourth-order valence-corrected chi connectivity index (χ4v) is 11.4. The lowest BCUT2D eigenvalue weighted by atomic mass is 9.47. The van der Waals surface area contributed by atoms with Gasteiger partial charge < -0.3 is 21.3 Å². The Morgan fingerprint density at radius 1 is 1.24 bits per heavy atom. The molecule has 5 bridgehead atoms. The Balaban J connectivity index is 1.52. The first-order valence-electron chi connectivity index (χ1n) is 13.2. The molecule has 0 amide bonds. The zero-order valence-electron chi connectivity index (χ0n) is 20.5. The molecule has 0 aromatic heterocycles. The summed E-state index contributed by atoms with van der Waals surface area (Å²) in [5, 5.41) is 23.5. The van der Waals surface area contributed by atoms with Crippen molar-refractivity contribution in [2.45, 2.75) is 76.7 Å². The van der Waals surface area contributed by atoms with E-state index in [1.165, 1.54) is 5.57 Å². The van der Waals surface area contributed by atoms with E-state index in [9.17, 15) is 15.0 Å². The zero-order chi connectivity index (χ0) is 24.0. The van der Waals surface area contributed by atoms with Crippen LogP contribution in [0.3, 0.4) is 0 Å². The van der Waals surface area contributed by atoms with Crippen molar-refractivity contribution in [3.8, 4) is 0 Å². The Bertz CT molecular complexity index is 879. The number of hydrogen-bond donors (Lipinski definition) is 4. The van der Waals surface area contributed by atoms with Gasteiger partial charge in [0.15, 0.2) is 11.7 Å². The van der Waals surface area contributed by atoms with E-state index in [4.69, 9.17) is 5.73 Å². The van der Waals surface area contributed by atoms with E-state index in [-0.39, 0.29) is 41.4 Å². The van der Waals surface area contributed by atoms with Gasteiger partial charge in [0.25, 0.3) is 0 Å². The molecule has 6 atom stereocenters. The number of aliphatic imine (C=N–C) groups is 1. The highest BCUT2D eigenvalue weighted by Gasteiger charge is 2.69. The van der Waals surface area contributed by atoms with Crippen LogP contribution in [0.5, 0.6) is 0 Å². The van der Waals surface area contributed by atoms with Crippen molar-refractivity contribution < 1.29 is 15.0 Å². The summed E-state index contributed by atoms with van der Waals surface area (Å²) in [6.07, 6.45) is 9.31. The fraction of sp³-hybridized carbons (Fsp3) is 0.846. The van der Waals surface area contributed by atoms with Crippen molar-refractivity contribution >= 4 is 33.3 Å². The van der Waals surface area contributed by atoms with Crippen LogP contribution in [0.15, 0.2) is 16.1 Å². The van der Waals surface area contributed by atoms with E-state index < -0.39 is 0 Å². The van der Waals surface area contributed by atoms with Gasteiger partial charge in [0.1, 0.15) is 0 Å². The number of rotatable bonds is 4. The third-order valence-corrected chi connectivity index (χ3v) is 12.8. The van der Waals surface area contributed by atoms with Crippen LogP contribution in [0.4, 0.5) is 0 Å². The molecule has 5 aliphatic rings. The largest absolute Gasteiger partial charge is 0.396 e. The van der Waals surface area contributed by atoms with Gasteiger partial charge in [-0.1, -0.05) is 34.1 Å². The van der Waals surface area contributed by atoms with E-state index in [2.05, 4.69) is 17.2 Å². The second-order valence-corrected chi connectivity index (χ2v) is 14.2. The molecular weight excluding hydrogens is 466 g/mol. The van der Waals surface area contributed by atoms with Crippen LogP contribution in [0.1, 0.15) is 71.1 Å². The number of nitrogens with zero attached hydrogens (tertiary/aromatic N) is 1. The van der Waals surface area contributed by atoms with E-state index >= 15 is 0 Å². The number of Topliss-reactive ketones (excluding diaryl/α,β-unsaturated/α-hetero) is 1. The van der Waals surface area contributed by atoms with E-state index in [1.807, 2.05) is 21.6 Å². The van der Waals surface area contributed by atoms with E-state index in [0.29, 0.717) is 24.1 Å². The van der Waals surface area contributed by atoms with Crippen LogP contribution < -0.4 is 11.1 Å². The number of aliphatic hydroxyl groups is 2. The smallest absolute Gasteiger partial charge is 0.189 e. The lowest BCUT2D eigenvalue weighted by molar-refractivity contribution is -0.125. The van der Waals surface area contributed by atoms with Gasteiger partial charge in [-0.2, -0.15) is 0 Å². The van der Waals surface area contributed by atoms with Gasteiger partial charge in [-0.25, -0.2) is 0 Å². The molecule has 2 heterocycles. The molecule has 5 N–H and O–H groups in total. The second kappa shape index (κ2) is 9.64. The third kappa shape index (κ3) is 3.86. The summed E-state index contributed by atoms with van der Waals surface area (Å²) in [6, 6.07) is 0. The molecule has 5 rings (SSSR count). The molecule has 3 aliphatic carbocycles. The molecule has 0 saturated heterocycles. The van der Waals surface area contributed by atoms with Crippen LogP contribution in [-0.2, 0) is 4.79 Å². The highest BCUT2D eigenvalue weighted by Crippen LogP contribution is 2.75. The Morgan fingerprint density at radius 2 is 2.09 bits per heavy atom. The zero-order valence-corrected chi connectivity index (χ0v) is 22.1. The minimum Gasteiger partial charge on any atom is -0.396 e. The Hall–Kier alpha value is -0.700. The van der Waals surface area contributed by atoms with Gasteiger partial charge >= 0.3 is 0 Å². The number of nitrogens with two attached hydrogens (primary N) is 1. The summed E-state index contributed by atoms with van der Waals surface area (Å²) in [4.78, 5) is 18.0. The van der Waals surface area contributed by atoms with Gasteiger partial charge in [-0.05, 0) is 86.5 Å². The Labute approximate surface area is 211 Å². The quantitative estimate of drug-likeness (QED) is 0.430. The third-order valence-electron chi connectivity index (χ3n) is 10.2. The van der Waals surface area contributed by atoms with Gasteiger partial charge in [0.2, 0.25) is 0 Å². The predicted molar refractivity (Wildman–Crippen MR) is 141 cm³/mol. The number of carbonyl (C=O) groups excluding carboxylic acids is 1. The van der Waals surface area contributed by atoms with Crippen molar-refractivity contribution in [1.29, 1.82) is 0 Å². The Morgan fingerprint density at radius 3 is 2.85 bits per heavy atom. The monoisotopic (exact) mass is 507 g/mol. The summed E-state index contributed by atoms with van der Waals surface area (Å²) < 4.78 is 0. The minimum atomic E-state index is -0.123. The van der Waals surface area contributed by atoms with Crippen molar-refractivity contribution in [2.24, 2.45) is 39.3 Å². The summed E-state index contributed by atoms with van der Waals surface area (Å²) in [5.41, 5.74) is 8.59. The number of aliphatic hydroxyl groups excluding tert-OH is 2. The number of carbonyl (C=O) groups is 1.